The van der Waals surface area contributed by atoms with Crippen molar-refractivity contribution in [3.05, 3.63) is 69.3 Å². The predicted molar refractivity (Wildman–Crippen MR) is 107 cm³/mol. The van der Waals surface area contributed by atoms with Gasteiger partial charge < -0.3 is 9.80 Å². The topological polar surface area (TPSA) is 83.8 Å². The zero-order chi connectivity index (χ0) is 20.3. The lowest BCUT2D eigenvalue weighted by Gasteiger charge is -2.29. The van der Waals surface area contributed by atoms with Gasteiger partial charge in [0, 0.05) is 44.8 Å². The Morgan fingerprint density at radius 3 is 2.50 bits per heavy atom. The number of hydrogen-bond donors (Lipinski definition) is 0. The zero-order valence-corrected chi connectivity index (χ0v) is 16.1. The van der Waals surface area contributed by atoms with Crippen LogP contribution >= 0.6 is 0 Å². The van der Waals surface area contributed by atoms with Crippen molar-refractivity contribution < 1.29 is 14.5 Å². The lowest BCUT2D eigenvalue weighted by atomic mass is 10.00. The molecule has 0 saturated heterocycles. The number of nitro benzene ring substituents is 1. The Bertz CT molecular complexity index is 906. The van der Waals surface area contributed by atoms with Gasteiger partial charge in [0.1, 0.15) is 0 Å². The molecule has 146 valence electrons. The third-order valence-corrected chi connectivity index (χ3v) is 4.93. The Balaban J connectivity index is 1.69. The van der Waals surface area contributed by atoms with Crippen molar-refractivity contribution in [3.8, 4) is 0 Å². The molecule has 1 heterocycles. The number of carbonyl (C=O) groups excluding carboxylic acids is 2. The molecule has 0 aromatic heterocycles. The molecule has 0 unspecified atom stereocenters. The monoisotopic (exact) mass is 381 g/mol. The molecule has 1 aliphatic heterocycles. The van der Waals surface area contributed by atoms with Crippen LogP contribution in [0.2, 0.25) is 0 Å². The van der Waals surface area contributed by atoms with Gasteiger partial charge in [-0.3, -0.25) is 19.7 Å². The van der Waals surface area contributed by atoms with Crippen LogP contribution in [0.4, 0.5) is 11.4 Å². The first-order valence-electron chi connectivity index (χ1n) is 9.25. The molecule has 0 aliphatic carbocycles. The Morgan fingerprint density at radius 1 is 1.14 bits per heavy atom. The van der Waals surface area contributed by atoms with Gasteiger partial charge in [0.25, 0.3) is 11.6 Å². The highest BCUT2D eigenvalue weighted by Crippen LogP contribution is 2.31. The maximum absolute atomic E-state index is 12.8. The Labute approximate surface area is 163 Å². The fourth-order valence-electron chi connectivity index (χ4n) is 3.39. The molecule has 0 saturated carbocycles. The SMILES string of the molecule is CN(C)C(=O)c1ccc(CCC(=O)N2CCCc3ccc([N+](=O)[O-])cc32)cc1. The van der Waals surface area contributed by atoms with Gasteiger partial charge in [0.2, 0.25) is 5.91 Å². The molecule has 0 spiro atoms. The molecular formula is C21H23N3O4. The van der Waals surface area contributed by atoms with Crippen LogP contribution in [0.1, 0.15) is 34.3 Å². The van der Waals surface area contributed by atoms with Gasteiger partial charge in [0.15, 0.2) is 0 Å². The fraction of sp³-hybridized carbons (Fsp3) is 0.333. The van der Waals surface area contributed by atoms with E-state index in [0.717, 1.165) is 24.0 Å². The molecule has 2 amide bonds. The number of fused-ring (bicyclic) bond motifs is 1. The van der Waals surface area contributed by atoms with Crippen LogP contribution in [0.15, 0.2) is 42.5 Å². The molecule has 0 atom stereocenters. The first-order chi connectivity index (χ1) is 13.4. The summed E-state index contributed by atoms with van der Waals surface area (Å²) in [6, 6.07) is 12.0. The van der Waals surface area contributed by atoms with Crippen LogP contribution in [0.25, 0.3) is 0 Å². The lowest BCUT2D eigenvalue weighted by Crippen LogP contribution is -2.35. The highest BCUT2D eigenvalue weighted by atomic mass is 16.6. The zero-order valence-electron chi connectivity index (χ0n) is 16.1. The second-order valence-electron chi connectivity index (χ2n) is 7.12. The minimum Gasteiger partial charge on any atom is -0.345 e. The number of amides is 2. The molecule has 3 rings (SSSR count). The first-order valence-corrected chi connectivity index (χ1v) is 9.25. The molecule has 2 aromatic rings. The van der Waals surface area contributed by atoms with E-state index in [1.165, 1.54) is 17.0 Å². The van der Waals surface area contributed by atoms with Crippen LogP contribution in [0.5, 0.6) is 0 Å². The summed E-state index contributed by atoms with van der Waals surface area (Å²) in [5.41, 5.74) is 3.20. The van der Waals surface area contributed by atoms with Gasteiger partial charge in [-0.2, -0.15) is 0 Å². The van der Waals surface area contributed by atoms with Crippen LogP contribution < -0.4 is 4.90 Å². The fourth-order valence-corrected chi connectivity index (χ4v) is 3.39. The van der Waals surface area contributed by atoms with E-state index in [9.17, 15) is 19.7 Å². The second-order valence-corrected chi connectivity index (χ2v) is 7.12. The summed E-state index contributed by atoms with van der Waals surface area (Å²) in [6.07, 6.45) is 2.52. The molecule has 0 bridgehead atoms. The summed E-state index contributed by atoms with van der Waals surface area (Å²) in [5, 5.41) is 11.1. The standard InChI is InChI=1S/C21H23N3O4/c1-22(2)21(26)17-8-5-15(6-9-17)7-12-20(25)23-13-3-4-16-10-11-18(24(27)28)14-19(16)23/h5-6,8-11,14H,3-4,7,12-13H2,1-2H3. The molecule has 7 heteroatoms. The molecule has 0 fully saturated rings. The van der Waals surface area contributed by atoms with Crippen molar-refractivity contribution in [2.45, 2.75) is 25.7 Å². The van der Waals surface area contributed by atoms with Crippen LogP contribution in [-0.4, -0.2) is 42.3 Å². The predicted octanol–water partition coefficient (Wildman–Crippen LogP) is 3.21. The number of carbonyl (C=O) groups is 2. The molecule has 0 N–H and O–H groups in total. The Morgan fingerprint density at radius 2 is 1.86 bits per heavy atom. The first kappa shape index (κ1) is 19.5. The van der Waals surface area contributed by atoms with Crippen LogP contribution in [0, 0.1) is 10.1 Å². The minimum atomic E-state index is -0.436. The average Bonchev–Trinajstić information content (AvgIpc) is 2.70. The summed E-state index contributed by atoms with van der Waals surface area (Å²) < 4.78 is 0. The van der Waals surface area contributed by atoms with Gasteiger partial charge in [-0.05, 0) is 42.5 Å². The smallest absolute Gasteiger partial charge is 0.271 e. The summed E-state index contributed by atoms with van der Waals surface area (Å²) in [6.45, 7) is 0.573. The van der Waals surface area contributed by atoms with Gasteiger partial charge in [0.05, 0.1) is 10.6 Å². The molecule has 0 radical (unpaired) electrons. The summed E-state index contributed by atoms with van der Waals surface area (Å²) in [7, 11) is 3.41. The van der Waals surface area contributed by atoms with E-state index in [1.807, 2.05) is 12.1 Å². The van der Waals surface area contributed by atoms with Crippen LogP contribution in [-0.2, 0) is 17.6 Å². The largest absolute Gasteiger partial charge is 0.345 e. The molecule has 1 aliphatic rings. The molecule has 2 aromatic carbocycles. The van der Waals surface area contributed by atoms with Crippen molar-refractivity contribution in [3.63, 3.8) is 0 Å². The van der Waals surface area contributed by atoms with E-state index in [4.69, 9.17) is 0 Å². The van der Waals surface area contributed by atoms with E-state index in [1.54, 1.807) is 37.2 Å². The maximum Gasteiger partial charge on any atom is 0.271 e. The van der Waals surface area contributed by atoms with Crippen molar-refractivity contribution in [1.29, 1.82) is 0 Å². The number of benzene rings is 2. The van der Waals surface area contributed by atoms with E-state index < -0.39 is 4.92 Å². The number of rotatable bonds is 5. The third kappa shape index (κ3) is 4.19. The quantitative estimate of drug-likeness (QED) is 0.588. The van der Waals surface area contributed by atoms with Crippen molar-refractivity contribution in [2.75, 3.05) is 25.5 Å². The van der Waals surface area contributed by atoms with Gasteiger partial charge in [-0.15, -0.1) is 0 Å². The molecular weight excluding hydrogens is 358 g/mol. The highest BCUT2D eigenvalue weighted by Gasteiger charge is 2.24. The number of aryl methyl sites for hydroxylation is 2. The van der Waals surface area contributed by atoms with Crippen molar-refractivity contribution >= 4 is 23.2 Å². The normalized spacial score (nSPS) is 13.0. The number of nitro groups is 1. The number of non-ortho nitro benzene ring substituents is 1. The van der Waals surface area contributed by atoms with E-state index >= 15 is 0 Å². The number of anilines is 1. The highest BCUT2D eigenvalue weighted by molar-refractivity contribution is 5.95. The lowest BCUT2D eigenvalue weighted by molar-refractivity contribution is -0.384. The van der Waals surface area contributed by atoms with Gasteiger partial charge >= 0.3 is 0 Å². The summed E-state index contributed by atoms with van der Waals surface area (Å²) in [5.74, 6) is -0.107. The van der Waals surface area contributed by atoms with Crippen LogP contribution in [0.3, 0.4) is 0 Å². The van der Waals surface area contributed by atoms with E-state index in [-0.39, 0.29) is 17.5 Å². The third-order valence-electron chi connectivity index (χ3n) is 4.93. The summed E-state index contributed by atoms with van der Waals surface area (Å²) in [4.78, 5) is 38.5. The van der Waals surface area contributed by atoms with E-state index in [0.29, 0.717) is 30.6 Å². The number of nitrogens with zero attached hydrogens (tertiary/aromatic N) is 3. The van der Waals surface area contributed by atoms with Gasteiger partial charge in [-0.1, -0.05) is 18.2 Å². The minimum absolute atomic E-state index is 0.000372. The van der Waals surface area contributed by atoms with Crippen molar-refractivity contribution in [2.24, 2.45) is 0 Å². The van der Waals surface area contributed by atoms with Gasteiger partial charge in [-0.25, -0.2) is 0 Å². The second kappa shape index (κ2) is 8.21. The van der Waals surface area contributed by atoms with E-state index in [2.05, 4.69) is 0 Å². The number of hydrogen-bond acceptors (Lipinski definition) is 4. The average molecular weight is 381 g/mol. The molecule has 28 heavy (non-hydrogen) atoms. The molecule has 7 nitrogen and oxygen atoms in total. The Kier molecular flexibility index (Phi) is 5.73. The Hall–Kier alpha value is -3.22. The summed E-state index contributed by atoms with van der Waals surface area (Å²) >= 11 is 0. The van der Waals surface area contributed by atoms with Crippen molar-refractivity contribution in [1.82, 2.24) is 4.90 Å². The maximum atomic E-state index is 12.8.